The van der Waals surface area contributed by atoms with E-state index >= 15 is 0 Å². The summed E-state index contributed by atoms with van der Waals surface area (Å²) in [7, 11) is 1.60. The molecule has 1 unspecified atom stereocenters. The Bertz CT molecular complexity index is 1020. The molecule has 1 aliphatic rings. The van der Waals surface area contributed by atoms with Crippen molar-refractivity contribution in [2.45, 2.75) is 12.5 Å². The van der Waals surface area contributed by atoms with Gasteiger partial charge in [0.15, 0.2) is 11.6 Å². The zero-order chi connectivity index (χ0) is 19.7. The molecule has 0 spiro atoms. The van der Waals surface area contributed by atoms with E-state index in [1.54, 1.807) is 12.0 Å². The first-order valence-corrected chi connectivity index (χ1v) is 9.06. The highest BCUT2D eigenvalue weighted by atomic mass is 19.2. The maximum Gasteiger partial charge on any atom is 0.254 e. The van der Waals surface area contributed by atoms with Crippen molar-refractivity contribution in [1.29, 1.82) is 0 Å². The smallest absolute Gasteiger partial charge is 0.254 e. The van der Waals surface area contributed by atoms with Crippen LogP contribution in [-0.4, -0.2) is 24.5 Å². The molecule has 4 rings (SSSR count). The average molecular weight is 379 g/mol. The molecule has 0 aliphatic carbocycles. The van der Waals surface area contributed by atoms with Crippen molar-refractivity contribution < 1.29 is 18.3 Å². The fourth-order valence-corrected chi connectivity index (χ4v) is 3.73. The molecule has 1 heterocycles. The summed E-state index contributed by atoms with van der Waals surface area (Å²) < 4.78 is 32.4. The predicted octanol–water partition coefficient (Wildman–Crippen LogP) is 4.76. The lowest BCUT2D eigenvalue weighted by atomic mass is 9.87. The summed E-state index contributed by atoms with van der Waals surface area (Å²) in [5.41, 5.74) is 3.20. The first-order valence-electron chi connectivity index (χ1n) is 9.06. The molecule has 0 radical (unpaired) electrons. The number of fused-ring (bicyclic) bond motifs is 1. The van der Waals surface area contributed by atoms with Crippen LogP contribution in [0.3, 0.4) is 0 Å². The lowest BCUT2D eigenvalue weighted by Gasteiger charge is -2.38. The molecule has 5 heteroatoms. The minimum Gasteiger partial charge on any atom is -0.497 e. The Hall–Kier alpha value is -3.21. The van der Waals surface area contributed by atoms with Gasteiger partial charge in [0, 0.05) is 12.1 Å². The van der Waals surface area contributed by atoms with E-state index in [9.17, 15) is 13.6 Å². The Labute approximate surface area is 162 Å². The number of carbonyl (C=O) groups excluding carboxylic acids is 1. The fraction of sp³-hybridized carbons (Fsp3) is 0.174. The molecule has 0 N–H and O–H groups in total. The van der Waals surface area contributed by atoms with E-state index in [0.717, 1.165) is 28.8 Å². The monoisotopic (exact) mass is 379 g/mol. The molecule has 1 aliphatic heterocycles. The first-order chi connectivity index (χ1) is 13.6. The molecule has 0 aromatic heterocycles. The number of benzene rings is 3. The Morgan fingerprint density at radius 1 is 1.00 bits per heavy atom. The molecule has 0 saturated carbocycles. The minimum absolute atomic E-state index is 0.131. The Balaban J connectivity index is 1.81. The quantitative estimate of drug-likeness (QED) is 0.657. The van der Waals surface area contributed by atoms with Crippen LogP contribution in [0.2, 0.25) is 0 Å². The van der Waals surface area contributed by atoms with Gasteiger partial charge >= 0.3 is 0 Å². The Morgan fingerprint density at radius 3 is 2.50 bits per heavy atom. The van der Waals surface area contributed by atoms with Crippen molar-refractivity contribution in [3.63, 3.8) is 0 Å². The molecular formula is C23H19F2NO2. The molecule has 142 valence electrons. The number of carbonyl (C=O) groups is 1. The summed E-state index contributed by atoms with van der Waals surface area (Å²) in [6, 6.07) is 18.5. The largest absolute Gasteiger partial charge is 0.497 e. The van der Waals surface area contributed by atoms with Gasteiger partial charge in [-0.3, -0.25) is 4.79 Å². The van der Waals surface area contributed by atoms with Crippen LogP contribution >= 0.6 is 0 Å². The van der Waals surface area contributed by atoms with Gasteiger partial charge in [-0.1, -0.05) is 36.4 Å². The van der Waals surface area contributed by atoms with Crippen LogP contribution in [0.25, 0.3) is 0 Å². The van der Waals surface area contributed by atoms with Crippen molar-refractivity contribution in [2.24, 2.45) is 0 Å². The van der Waals surface area contributed by atoms with Crippen molar-refractivity contribution in [3.05, 3.63) is 101 Å². The van der Waals surface area contributed by atoms with E-state index in [1.165, 1.54) is 6.07 Å². The Morgan fingerprint density at radius 2 is 1.79 bits per heavy atom. The second-order valence-corrected chi connectivity index (χ2v) is 6.76. The maximum atomic E-state index is 13.7. The third-order valence-corrected chi connectivity index (χ3v) is 5.12. The van der Waals surface area contributed by atoms with Gasteiger partial charge in [-0.15, -0.1) is 0 Å². The van der Waals surface area contributed by atoms with Crippen LogP contribution in [-0.2, 0) is 6.42 Å². The second kappa shape index (κ2) is 7.43. The van der Waals surface area contributed by atoms with E-state index in [0.29, 0.717) is 18.7 Å². The van der Waals surface area contributed by atoms with Crippen LogP contribution in [0.1, 0.15) is 33.1 Å². The molecule has 1 amide bonds. The number of methoxy groups -OCH3 is 1. The lowest BCUT2D eigenvalue weighted by Crippen LogP contribution is -2.40. The van der Waals surface area contributed by atoms with Gasteiger partial charge < -0.3 is 9.64 Å². The van der Waals surface area contributed by atoms with Crippen molar-refractivity contribution in [1.82, 2.24) is 4.90 Å². The fourth-order valence-electron chi connectivity index (χ4n) is 3.73. The van der Waals surface area contributed by atoms with Gasteiger partial charge in [0.1, 0.15) is 5.75 Å². The third kappa shape index (κ3) is 3.24. The van der Waals surface area contributed by atoms with Crippen LogP contribution in [0.15, 0.2) is 66.7 Å². The molecule has 0 bridgehead atoms. The summed E-state index contributed by atoms with van der Waals surface area (Å²) in [5.74, 6) is -1.62. The van der Waals surface area contributed by atoms with E-state index in [-0.39, 0.29) is 17.5 Å². The van der Waals surface area contributed by atoms with Crippen molar-refractivity contribution in [3.8, 4) is 5.75 Å². The molecule has 3 nitrogen and oxygen atoms in total. The summed E-state index contributed by atoms with van der Waals surface area (Å²) >= 11 is 0. The second-order valence-electron chi connectivity index (χ2n) is 6.76. The SMILES string of the molecule is COc1ccc2c(c1)C(c1ccccc1)N(C(=O)c1ccc(F)c(F)c1)CC2. The van der Waals surface area contributed by atoms with Gasteiger partial charge in [-0.05, 0) is 53.4 Å². The maximum absolute atomic E-state index is 13.7. The number of hydrogen-bond donors (Lipinski definition) is 0. The minimum atomic E-state index is -1.03. The van der Waals surface area contributed by atoms with Gasteiger partial charge in [-0.2, -0.15) is 0 Å². The topological polar surface area (TPSA) is 29.5 Å². The van der Waals surface area contributed by atoms with Crippen molar-refractivity contribution in [2.75, 3.05) is 13.7 Å². The molecule has 28 heavy (non-hydrogen) atoms. The highest BCUT2D eigenvalue weighted by molar-refractivity contribution is 5.95. The lowest BCUT2D eigenvalue weighted by molar-refractivity contribution is 0.0693. The van der Waals surface area contributed by atoms with E-state index in [2.05, 4.69) is 0 Å². The molecular weight excluding hydrogens is 360 g/mol. The molecule has 1 atom stereocenters. The number of amides is 1. The first kappa shape index (κ1) is 18.2. The average Bonchev–Trinajstić information content (AvgIpc) is 2.74. The summed E-state index contributed by atoms with van der Waals surface area (Å²) in [4.78, 5) is 14.9. The molecule has 3 aromatic carbocycles. The number of ether oxygens (including phenoxy) is 1. The van der Waals surface area contributed by atoms with E-state index < -0.39 is 11.6 Å². The third-order valence-electron chi connectivity index (χ3n) is 5.12. The normalized spacial score (nSPS) is 15.8. The number of hydrogen-bond acceptors (Lipinski definition) is 2. The van der Waals surface area contributed by atoms with E-state index in [4.69, 9.17) is 4.74 Å². The van der Waals surface area contributed by atoms with Gasteiger partial charge in [0.2, 0.25) is 0 Å². The van der Waals surface area contributed by atoms with E-state index in [1.807, 2.05) is 48.5 Å². The highest BCUT2D eigenvalue weighted by Gasteiger charge is 2.33. The van der Waals surface area contributed by atoms with Crippen LogP contribution < -0.4 is 4.74 Å². The molecule has 0 saturated heterocycles. The summed E-state index contributed by atoms with van der Waals surface area (Å²) in [6.07, 6.45) is 0.679. The van der Waals surface area contributed by atoms with Gasteiger partial charge in [0.05, 0.1) is 13.2 Å². The molecule has 3 aromatic rings. The summed E-state index contributed by atoms with van der Waals surface area (Å²) in [6.45, 7) is 0.483. The standard InChI is InChI=1S/C23H19F2NO2/c1-28-18-9-7-15-11-12-26(23(27)17-8-10-20(24)21(25)13-17)22(19(15)14-18)16-5-3-2-4-6-16/h2-10,13-14,22H,11-12H2,1H3. The van der Waals surface area contributed by atoms with Crippen LogP contribution in [0.4, 0.5) is 8.78 Å². The number of halogens is 2. The number of nitrogens with zero attached hydrogens (tertiary/aromatic N) is 1. The van der Waals surface area contributed by atoms with Gasteiger partial charge in [0.25, 0.3) is 5.91 Å². The zero-order valence-electron chi connectivity index (χ0n) is 15.4. The van der Waals surface area contributed by atoms with Gasteiger partial charge in [-0.25, -0.2) is 8.78 Å². The summed E-state index contributed by atoms with van der Waals surface area (Å²) in [5, 5.41) is 0. The highest BCUT2D eigenvalue weighted by Crippen LogP contribution is 2.37. The van der Waals surface area contributed by atoms with Crippen molar-refractivity contribution >= 4 is 5.91 Å². The van der Waals surface area contributed by atoms with Crippen LogP contribution in [0.5, 0.6) is 5.75 Å². The predicted molar refractivity (Wildman–Crippen MR) is 102 cm³/mol. The van der Waals surface area contributed by atoms with Crippen LogP contribution in [0, 0.1) is 11.6 Å². The number of rotatable bonds is 3. The Kier molecular flexibility index (Phi) is 4.82. The zero-order valence-corrected chi connectivity index (χ0v) is 15.4. The molecule has 0 fully saturated rings.